The molecule has 8 heteroatoms. The Hall–Kier alpha value is -2.51. The van der Waals surface area contributed by atoms with Gasteiger partial charge in [0.15, 0.2) is 0 Å². The maximum atomic E-state index is 12.9. The van der Waals surface area contributed by atoms with Gasteiger partial charge in [0, 0.05) is 6.42 Å². The molecular formula is C14H13F3O5. The second-order valence-electron chi connectivity index (χ2n) is 4.39. The number of carboxylic acids is 2. The van der Waals surface area contributed by atoms with E-state index in [0.717, 1.165) is 6.08 Å². The van der Waals surface area contributed by atoms with Gasteiger partial charge in [-0.25, -0.2) is 0 Å². The number of carboxylic acid groups (broad SMARTS) is 2. The Kier molecular flexibility index (Phi) is 5.19. The maximum Gasteiger partial charge on any atom is 0.415 e. The number of ether oxygens (including phenoxy) is 1. The fourth-order valence-electron chi connectivity index (χ4n) is 1.71. The Morgan fingerprint density at radius 1 is 1.14 bits per heavy atom. The Labute approximate surface area is 123 Å². The van der Waals surface area contributed by atoms with Crippen LogP contribution in [-0.4, -0.2) is 35.4 Å². The zero-order chi connectivity index (χ0) is 17.0. The lowest BCUT2D eigenvalue weighted by Crippen LogP contribution is -2.51. The van der Waals surface area contributed by atoms with Crippen LogP contribution in [-0.2, 0) is 9.59 Å². The monoisotopic (exact) mass is 318 g/mol. The van der Waals surface area contributed by atoms with Crippen LogP contribution in [0.4, 0.5) is 13.2 Å². The lowest BCUT2D eigenvalue weighted by Gasteiger charge is -2.26. The molecule has 1 aromatic rings. The Morgan fingerprint density at radius 2 is 1.64 bits per heavy atom. The summed E-state index contributed by atoms with van der Waals surface area (Å²) in [6, 6.07) is 6.19. The fraction of sp³-hybridized carbons (Fsp3) is 0.286. The standard InChI is InChI=1S/C14H13F3O5/c1-22-10-6-4-9(5-7-10)3-2-8-13(11(18)19,12(20)21)14(15,16)17/h2-7H,8H2,1H3,(H,18,19)(H,20,21)/b3-2+. The zero-order valence-corrected chi connectivity index (χ0v) is 11.4. The average molecular weight is 318 g/mol. The van der Waals surface area contributed by atoms with E-state index in [1.54, 1.807) is 12.1 Å². The molecule has 0 aliphatic rings. The van der Waals surface area contributed by atoms with Gasteiger partial charge in [0.2, 0.25) is 0 Å². The molecule has 2 N–H and O–H groups in total. The van der Waals surface area contributed by atoms with Gasteiger partial charge in [-0.3, -0.25) is 9.59 Å². The summed E-state index contributed by atoms with van der Waals surface area (Å²) < 4.78 is 43.6. The number of halogens is 3. The fourth-order valence-corrected chi connectivity index (χ4v) is 1.71. The summed E-state index contributed by atoms with van der Waals surface area (Å²) in [5.74, 6) is -4.36. The molecule has 120 valence electrons. The van der Waals surface area contributed by atoms with E-state index in [1.165, 1.54) is 25.3 Å². The third kappa shape index (κ3) is 3.38. The molecule has 1 aromatic carbocycles. The average Bonchev–Trinajstić information content (AvgIpc) is 2.42. The highest BCUT2D eigenvalue weighted by molar-refractivity contribution is 5.99. The number of hydrogen-bond acceptors (Lipinski definition) is 3. The van der Waals surface area contributed by atoms with Crippen molar-refractivity contribution in [2.75, 3.05) is 7.11 Å². The summed E-state index contributed by atoms with van der Waals surface area (Å²) in [7, 11) is 1.45. The largest absolute Gasteiger partial charge is 0.497 e. The van der Waals surface area contributed by atoms with Crippen LogP contribution in [0.15, 0.2) is 30.3 Å². The smallest absolute Gasteiger partial charge is 0.415 e. The summed E-state index contributed by atoms with van der Waals surface area (Å²) in [5, 5.41) is 17.5. The van der Waals surface area contributed by atoms with Crippen LogP contribution in [0.1, 0.15) is 12.0 Å². The second kappa shape index (κ2) is 6.50. The highest BCUT2D eigenvalue weighted by Gasteiger charge is 2.66. The molecule has 0 aromatic heterocycles. The first-order valence-electron chi connectivity index (χ1n) is 5.99. The van der Waals surface area contributed by atoms with E-state index in [-0.39, 0.29) is 0 Å². The third-order valence-electron chi connectivity index (χ3n) is 3.06. The molecule has 0 radical (unpaired) electrons. The van der Waals surface area contributed by atoms with Crippen molar-refractivity contribution in [1.82, 2.24) is 0 Å². The highest BCUT2D eigenvalue weighted by atomic mass is 19.4. The number of aliphatic carboxylic acids is 2. The quantitative estimate of drug-likeness (QED) is 0.788. The molecule has 0 amide bonds. The number of hydrogen-bond donors (Lipinski definition) is 2. The van der Waals surface area contributed by atoms with Gasteiger partial charge in [0.05, 0.1) is 7.11 Å². The van der Waals surface area contributed by atoms with Crippen molar-refractivity contribution in [1.29, 1.82) is 0 Å². The van der Waals surface area contributed by atoms with Crippen molar-refractivity contribution < 1.29 is 37.7 Å². The molecule has 0 bridgehead atoms. The minimum Gasteiger partial charge on any atom is -0.497 e. The summed E-state index contributed by atoms with van der Waals surface area (Å²) in [5.41, 5.74) is -3.39. The van der Waals surface area contributed by atoms with Crippen LogP contribution in [0.3, 0.4) is 0 Å². The van der Waals surface area contributed by atoms with Crippen LogP contribution in [0.2, 0.25) is 0 Å². The molecule has 0 fully saturated rings. The summed E-state index contributed by atoms with van der Waals surface area (Å²) in [6.07, 6.45) is -4.55. The van der Waals surface area contributed by atoms with E-state index in [0.29, 0.717) is 11.3 Å². The number of carbonyl (C=O) groups is 2. The Bertz CT molecular complexity index is 561. The van der Waals surface area contributed by atoms with Gasteiger partial charge in [-0.15, -0.1) is 0 Å². The normalized spacial score (nSPS) is 12.4. The van der Waals surface area contributed by atoms with Crippen molar-refractivity contribution in [2.24, 2.45) is 5.41 Å². The lowest BCUT2D eigenvalue weighted by atomic mass is 9.83. The van der Waals surface area contributed by atoms with Crippen LogP contribution in [0, 0.1) is 5.41 Å². The predicted molar refractivity (Wildman–Crippen MR) is 70.4 cm³/mol. The third-order valence-corrected chi connectivity index (χ3v) is 3.06. The molecule has 22 heavy (non-hydrogen) atoms. The lowest BCUT2D eigenvalue weighted by molar-refractivity contribution is -0.234. The molecule has 0 aliphatic carbocycles. The number of alkyl halides is 3. The molecule has 0 spiro atoms. The zero-order valence-electron chi connectivity index (χ0n) is 11.4. The first-order valence-corrected chi connectivity index (χ1v) is 5.99. The van der Waals surface area contributed by atoms with Gasteiger partial charge in [-0.05, 0) is 17.7 Å². The Balaban J connectivity index is 3.03. The van der Waals surface area contributed by atoms with Crippen LogP contribution in [0.25, 0.3) is 6.08 Å². The molecular weight excluding hydrogens is 305 g/mol. The van der Waals surface area contributed by atoms with Gasteiger partial charge in [-0.2, -0.15) is 13.2 Å². The molecule has 0 saturated carbocycles. The minimum atomic E-state index is -5.42. The van der Waals surface area contributed by atoms with E-state index in [4.69, 9.17) is 14.9 Å². The highest BCUT2D eigenvalue weighted by Crippen LogP contribution is 2.42. The Morgan fingerprint density at radius 3 is 2.00 bits per heavy atom. The van der Waals surface area contributed by atoms with E-state index < -0.39 is 30.0 Å². The SMILES string of the molecule is COc1ccc(/C=C/CC(C(=O)O)(C(=O)O)C(F)(F)F)cc1. The van der Waals surface area contributed by atoms with E-state index in [2.05, 4.69) is 0 Å². The van der Waals surface area contributed by atoms with Crippen molar-refractivity contribution in [3.8, 4) is 5.75 Å². The van der Waals surface area contributed by atoms with Crippen LogP contribution < -0.4 is 4.74 Å². The van der Waals surface area contributed by atoms with E-state index in [9.17, 15) is 22.8 Å². The summed E-state index contributed by atoms with van der Waals surface area (Å²) in [4.78, 5) is 21.8. The minimum absolute atomic E-state index is 0.479. The second-order valence-corrected chi connectivity index (χ2v) is 4.39. The molecule has 1 rings (SSSR count). The van der Waals surface area contributed by atoms with Gasteiger partial charge in [0.1, 0.15) is 5.75 Å². The maximum absolute atomic E-state index is 12.9. The van der Waals surface area contributed by atoms with Crippen molar-refractivity contribution >= 4 is 18.0 Å². The topological polar surface area (TPSA) is 83.8 Å². The molecule has 0 saturated heterocycles. The first kappa shape index (κ1) is 17.5. The molecule has 0 unspecified atom stereocenters. The van der Waals surface area contributed by atoms with Crippen molar-refractivity contribution in [2.45, 2.75) is 12.6 Å². The summed E-state index contributed by atoms with van der Waals surface area (Å²) in [6.45, 7) is 0. The molecule has 5 nitrogen and oxygen atoms in total. The van der Waals surface area contributed by atoms with E-state index in [1.807, 2.05) is 0 Å². The van der Waals surface area contributed by atoms with Crippen molar-refractivity contribution in [3.05, 3.63) is 35.9 Å². The van der Waals surface area contributed by atoms with Crippen LogP contribution in [0.5, 0.6) is 5.75 Å². The van der Waals surface area contributed by atoms with Gasteiger partial charge in [0.25, 0.3) is 5.41 Å². The van der Waals surface area contributed by atoms with Crippen LogP contribution >= 0.6 is 0 Å². The van der Waals surface area contributed by atoms with E-state index >= 15 is 0 Å². The number of benzene rings is 1. The summed E-state index contributed by atoms with van der Waals surface area (Å²) >= 11 is 0. The van der Waals surface area contributed by atoms with Crippen molar-refractivity contribution in [3.63, 3.8) is 0 Å². The van der Waals surface area contributed by atoms with Gasteiger partial charge in [-0.1, -0.05) is 24.3 Å². The van der Waals surface area contributed by atoms with Gasteiger partial charge >= 0.3 is 18.1 Å². The number of rotatable bonds is 6. The molecule has 0 heterocycles. The predicted octanol–water partition coefficient (Wildman–Crippen LogP) is 2.82. The number of methoxy groups -OCH3 is 1. The molecule has 0 aliphatic heterocycles. The van der Waals surface area contributed by atoms with Gasteiger partial charge < -0.3 is 14.9 Å². The first-order chi connectivity index (χ1) is 10.1. The number of allylic oxidation sites excluding steroid dienone is 1. The molecule has 0 atom stereocenters.